The van der Waals surface area contributed by atoms with E-state index in [-0.39, 0.29) is 11.0 Å². The quantitative estimate of drug-likeness (QED) is 0.420. The summed E-state index contributed by atoms with van der Waals surface area (Å²) in [4.78, 5) is 7.60. The Bertz CT molecular complexity index is 729. The summed E-state index contributed by atoms with van der Waals surface area (Å²) >= 11 is 1.05. The van der Waals surface area contributed by atoms with E-state index in [1.54, 1.807) is 16.7 Å². The highest BCUT2D eigenvalue weighted by Crippen LogP contribution is 2.27. The zero-order valence-electron chi connectivity index (χ0n) is 9.49. The number of fused-ring (bicyclic) bond motifs is 1. The van der Waals surface area contributed by atoms with Gasteiger partial charge in [-0.15, -0.1) is 10.2 Å². The molecule has 3 rings (SSSR count). The van der Waals surface area contributed by atoms with E-state index in [4.69, 9.17) is 5.84 Å². The van der Waals surface area contributed by atoms with E-state index in [0.717, 1.165) is 18.0 Å². The molecule has 0 aliphatic carbocycles. The van der Waals surface area contributed by atoms with Crippen molar-refractivity contribution in [3.8, 4) is 0 Å². The summed E-state index contributed by atoms with van der Waals surface area (Å²) < 4.78 is 15.4. The predicted molar refractivity (Wildman–Crippen MR) is 66.9 cm³/mol. The van der Waals surface area contributed by atoms with Crippen LogP contribution in [0.25, 0.3) is 5.65 Å². The molecule has 0 unspecified atom stereocenters. The van der Waals surface area contributed by atoms with E-state index >= 15 is 0 Å². The molecule has 0 bridgehead atoms. The van der Waals surface area contributed by atoms with Gasteiger partial charge < -0.3 is 0 Å². The lowest BCUT2D eigenvalue weighted by Gasteiger charge is -2.03. The van der Waals surface area contributed by atoms with Gasteiger partial charge in [0, 0.05) is 6.20 Å². The number of nitrogens with two attached hydrogens (primary N) is 1. The fourth-order valence-corrected chi connectivity index (χ4v) is 2.26. The van der Waals surface area contributed by atoms with Gasteiger partial charge in [-0.1, -0.05) is 6.07 Å². The third-order valence-corrected chi connectivity index (χ3v) is 3.25. The number of nitrogens with one attached hydrogen (secondary N) is 1. The van der Waals surface area contributed by atoms with E-state index in [0.29, 0.717) is 10.8 Å². The Morgan fingerprint density at radius 2 is 2.21 bits per heavy atom. The van der Waals surface area contributed by atoms with Crippen LogP contribution in [-0.2, 0) is 0 Å². The minimum absolute atomic E-state index is 0.126. The van der Waals surface area contributed by atoms with Crippen LogP contribution in [0, 0.1) is 5.82 Å². The van der Waals surface area contributed by atoms with Crippen LogP contribution < -0.4 is 11.3 Å². The molecule has 0 spiro atoms. The van der Waals surface area contributed by atoms with Crippen LogP contribution in [0.1, 0.15) is 0 Å². The fraction of sp³-hybridized carbons (Fsp3) is 0. The Morgan fingerprint density at radius 1 is 1.32 bits per heavy atom. The molecule has 0 aromatic carbocycles. The standard InChI is InChI=1S/C10H8FN7S/c11-6-5-13-9(15-12)14-8(6)19-10-17-16-7-3-1-2-4-18(7)10/h1-5H,12H2,(H,13,14,15). The van der Waals surface area contributed by atoms with E-state index in [2.05, 4.69) is 25.6 Å². The van der Waals surface area contributed by atoms with Crippen molar-refractivity contribution in [2.45, 2.75) is 10.2 Å². The molecule has 0 atom stereocenters. The Morgan fingerprint density at radius 3 is 3.05 bits per heavy atom. The topological polar surface area (TPSA) is 94.0 Å². The third-order valence-electron chi connectivity index (χ3n) is 2.31. The number of nitrogens with zero attached hydrogens (tertiary/aromatic N) is 5. The van der Waals surface area contributed by atoms with Crippen molar-refractivity contribution in [1.82, 2.24) is 24.6 Å². The van der Waals surface area contributed by atoms with Gasteiger partial charge >= 0.3 is 0 Å². The predicted octanol–water partition coefficient (Wildman–Crippen LogP) is 1.10. The molecule has 3 aromatic heterocycles. The normalized spacial score (nSPS) is 10.8. The smallest absolute Gasteiger partial charge is 0.238 e. The maximum absolute atomic E-state index is 13.6. The maximum atomic E-state index is 13.6. The number of hydrogen-bond donors (Lipinski definition) is 2. The van der Waals surface area contributed by atoms with Gasteiger partial charge in [0.15, 0.2) is 11.5 Å². The number of pyridine rings is 1. The van der Waals surface area contributed by atoms with Crippen molar-refractivity contribution in [2.24, 2.45) is 5.84 Å². The fourth-order valence-electron chi connectivity index (χ4n) is 1.47. The van der Waals surface area contributed by atoms with Crippen LogP contribution in [0.2, 0.25) is 0 Å². The van der Waals surface area contributed by atoms with Crippen LogP contribution >= 0.6 is 11.8 Å². The maximum Gasteiger partial charge on any atom is 0.238 e. The lowest BCUT2D eigenvalue weighted by atomic mass is 10.5. The lowest BCUT2D eigenvalue weighted by Crippen LogP contribution is -2.11. The highest BCUT2D eigenvalue weighted by molar-refractivity contribution is 7.99. The minimum atomic E-state index is -0.545. The highest BCUT2D eigenvalue weighted by atomic mass is 32.2. The molecule has 3 heterocycles. The number of nitrogen functional groups attached to an aromatic ring is 1. The SMILES string of the molecule is NNc1ncc(F)c(Sc2nnc3ccccn23)n1. The molecule has 0 saturated carbocycles. The van der Waals surface area contributed by atoms with E-state index in [9.17, 15) is 4.39 Å². The van der Waals surface area contributed by atoms with Gasteiger partial charge in [0.1, 0.15) is 5.03 Å². The van der Waals surface area contributed by atoms with Crippen molar-refractivity contribution in [1.29, 1.82) is 0 Å². The molecule has 3 N–H and O–H groups in total. The molecular weight excluding hydrogens is 269 g/mol. The van der Waals surface area contributed by atoms with Gasteiger partial charge in [0.25, 0.3) is 0 Å². The van der Waals surface area contributed by atoms with Gasteiger partial charge in [-0.3, -0.25) is 9.83 Å². The zero-order chi connectivity index (χ0) is 13.2. The Hall–Kier alpha value is -2.26. The number of halogens is 1. The summed E-state index contributed by atoms with van der Waals surface area (Å²) in [6.07, 6.45) is 2.84. The average Bonchev–Trinajstić information content (AvgIpc) is 2.85. The Labute approximate surface area is 111 Å². The molecule has 0 aliphatic rings. The number of rotatable bonds is 3. The molecule has 0 saturated heterocycles. The molecule has 7 nitrogen and oxygen atoms in total. The van der Waals surface area contributed by atoms with Crippen LogP contribution in [0.5, 0.6) is 0 Å². The number of anilines is 1. The first-order valence-electron chi connectivity index (χ1n) is 5.24. The van der Waals surface area contributed by atoms with Crippen LogP contribution in [0.15, 0.2) is 40.8 Å². The van der Waals surface area contributed by atoms with Gasteiger partial charge in [0.2, 0.25) is 11.1 Å². The first kappa shape index (κ1) is 11.8. The van der Waals surface area contributed by atoms with Crippen LogP contribution in [0.3, 0.4) is 0 Å². The molecule has 0 radical (unpaired) electrons. The van der Waals surface area contributed by atoms with Gasteiger partial charge in [-0.05, 0) is 23.9 Å². The molecular formula is C10H8FN7S. The molecule has 9 heteroatoms. The van der Waals surface area contributed by atoms with Crippen molar-refractivity contribution in [2.75, 3.05) is 5.43 Å². The van der Waals surface area contributed by atoms with Crippen molar-refractivity contribution < 1.29 is 4.39 Å². The van der Waals surface area contributed by atoms with E-state index < -0.39 is 5.82 Å². The second kappa shape index (κ2) is 4.78. The molecule has 3 aromatic rings. The van der Waals surface area contributed by atoms with Crippen LogP contribution in [0.4, 0.5) is 10.3 Å². The molecule has 0 aliphatic heterocycles. The summed E-state index contributed by atoms with van der Waals surface area (Å²) in [6, 6.07) is 5.49. The zero-order valence-corrected chi connectivity index (χ0v) is 10.3. The number of hydrogen-bond acceptors (Lipinski definition) is 7. The third kappa shape index (κ3) is 2.20. The summed E-state index contributed by atoms with van der Waals surface area (Å²) in [7, 11) is 0. The minimum Gasteiger partial charge on any atom is -0.292 e. The highest BCUT2D eigenvalue weighted by Gasteiger charge is 2.13. The average molecular weight is 277 g/mol. The van der Waals surface area contributed by atoms with E-state index in [1.807, 2.05) is 12.1 Å². The van der Waals surface area contributed by atoms with Crippen molar-refractivity contribution in [3.05, 3.63) is 36.4 Å². The molecule has 0 amide bonds. The van der Waals surface area contributed by atoms with Crippen LogP contribution in [-0.4, -0.2) is 24.6 Å². The Kier molecular flexibility index (Phi) is 2.97. The lowest BCUT2D eigenvalue weighted by molar-refractivity contribution is 0.579. The van der Waals surface area contributed by atoms with Gasteiger partial charge in [-0.2, -0.15) is 0 Å². The summed E-state index contributed by atoms with van der Waals surface area (Å²) in [5.74, 6) is 4.78. The second-order valence-corrected chi connectivity index (χ2v) is 4.46. The summed E-state index contributed by atoms with van der Waals surface area (Å²) in [5.41, 5.74) is 2.94. The second-order valence-electron chi connectivity index (χ2n) is 3.50. The van der Waals surface area contributed by atoms with Gasteiger partial charge in [-0.25, -0.2) is 20.2 Å². The largest absolute Gasteiger partial charge is 0.292 e. The van der Waals surface area contributed by atoms with Crippen molar-refractivity contribution in [3.63, 3.8) is 0 Å². The van der Waals surface area contributed by atoms with E-state index in [1.165, 1.54) is 0 Å². The first-order chi connectivity index (χ1) is 9.28. The summed E-state index contributed by atoms with van der Waals surface area (Å²) in [6.45, 7) is 0. The molecule has 96 valence electrons. The molecule has 19 heavy (non-hydrogen) atoms. The number of aromatic nitrogens is 5. The first-order valence-corrected chi connectivity index (χ1v) is 6.06. The van der Waals surface area contributed by atoms with Crippen molar-refractivity contribution >= 4 is 23.4 Å². The molecule has 0 fully saturated rings. The monoisotopic (exact) mass is 277 g/mol. The summed E-state index contributed by atoms with van der Waals surface area (Å²) in [5, 5.41) is 8.59. The van der Waals surface area contributed by atoms with Gasteiger partial charge in [0.05, 0.1) is 6.20 Å². The Balaban J connectivity index is 2.01. The number of hydrazine groups is 1.